The highest BCUT2D eigenvalue weighted by molar-refractivity contribution is 5.91. The molecule has 1 unspecified atom stereocenters. The largest absolute Gasteiger partial charge is 0.354 e. The van der Waals surface area contributed by atoms with Gasteiger partial charge in [0.2, 0.25) is 5.91 Å². The number of benzene rings is 1. The van der Waals surface area contributed by atoms with Crippen LogP contribution in [0.5, 0.6) is 0 Å². The Labute approximate surface area is 125 Å². The van der Waals surface area contributed by atoms with Crippen molar-refractivity contribution in [3.63, 3.8) is 0 Å². The maximum Gasteiger partial charge on any atom is 0.230 e. The summed E-state index contributed by atoms with van der Waals surface area (Å²) in [5, 5.41) is 3.13. The van der Waals surface area contributed by atoms with Crippen LogP contribution in [-0.4, -0.2) is 37.5 Å². The molecule has 2 fully saturated rings. The third kappa shape index (κ3) is 2.95. The first-order valence-electron chi connectivity index (χ1n) is 7.74. The van der Waals surface area contributed by atoms with E-state index in [4.69, 9.17) is 0 Å². The minimum absolute atomic E-state index is 0.0987. The number of halogens is 1. The van der Waals surface area contributed by atoms with Gasteiger partial charge >= 0.3 is 0 Å². The zero-order valence-electron chi connectivity index (χ0n) is 12.7. The van der Waals surface area contributed by atoms with Crippen molar-refractivity contribution in [1.29, 1.82) is 0 Å². The van der Waals surface area contributed by atoms with Crippen molar-refractivity contribution < 1.29 is 9.18 Å². The zero-order valence-corrected chi connectivity index (χ0v) is 12.7. The van der Waals surface area contributed by atoms with Gasteiger partial charge < -0.3 is 10.2 Å². The number of likely N-dealkylation sites (N-methyl/N-ethyl adjacent to an activating group) is 1. The molecule has 0 aromatic heterocycles. The van der Waals surface area contributed by atoms with Gasteiger partial charge in [-0.15, -0.1) is 0 Å². The SMILES string of the molecule is CN(C)C(CNC(=O)C1(c2ccc(F)cc2)CC1)C1CC1. The van der Waals surface area contributed by atoms with Crippen LogP contribution in [0.3, 0.4) is 0 Å². The molecule has 0 bridgehead atoms. The van der Waals surface area contributed by atoms with E-state index < -0.39 is 5.41 Å². The number of rotatable bonds is 6. The molecule has 1 N–H and O–H groups in total. The first kappa shape index (κ1) is 14.5. The molecule has 1 amide bonds. The topological polar surface area (TPSA) is 32.3 Å². The van der Waals surface area contributed by atoms with E-state index >= 15 is 0 Å². The fraction of sp³-hybridized carbons (Fsp3) is 0.588. The first-order valence-corrected chi connectivity index (χ1v) is 7.74. The number of hydrogen-bond acceptors (Lipinski definition) is 2. The minimum atomic E-state index is -0.409. The minimum Gasteiger partial charge on any atom is -0.354 e. The van der Waals surface area contributed by atoms with Crippen molar-refractivity contribution in [1.82, 2.24) is 10.2 Å². The highest BCUT2D eigenvalue weighted by Gasteiger charge is 2.51. The summed E-state index contributed by atoms with van der Waals surface area (Å²) >= 11 is 0. The Morgan fingerprint density at radius 2 is 1.95 bits per heavy atom. The van der Waals surface area contributed by atoms with Crippen LogP contribution in [0, 0.1) is 11.7 Å². The predicted octanol–water partition coefficient (Wildman–Crippen LogP) is 2.31. The van der Waals surface area contributed by atoms with Crippen molar-refractivity contribution in [3.8, 4) is 0 Å². The van der Waals surface area contributed by atoms with E-state index in [-0.39, 0.29) is 11.7 Å². The standard InChI is InChI=1S/C17H23FN2O/c1-20(2)15(12-3-4-12)11-19-16(21)17(9-10-17)13-5-7-14(18)8-6-13/h5-8,12,15H,3-4,9-11H2,1-2H3,(H,19,21). The van der Waals surface area contributed by atoms with Gasteiger partial charge in [-0.25, -0.2) is 4.39 Å². The summed E-state index contributed by atoms with van der Waals surface area (Å²) in [6, 6.07) is 6.79. The lowest BCUT2D eigenvalue weighted by atomic mass is 9.95. The van der Waals surface area contributed by atoms with E-state index in [1.165, 1.54) is 25.0 Å². The highest BCUT2D eigenvalue weighted by Crippen LogP contribution is 2.48. The van der Waals surface area contributed by atoms with Crippen molar-refractivity contribution in [2.24, 2.45) is 5.92 Å². The first-order chi connectivity index (χ1) is 10.0. The van der Waals surface area contributed by atoms with E-state index in [1.807, 2.05) is 0 Å². The average Bonchev–Trinajstić information content (AvgIpc) is 3.33. The molecule has 0 saturated heterocycles. The van der Waals surface area contributed by atoms with Crippen LogP contribution in [0.4, 0.5) is 4.39 Å². The molecule has 1 aromatic rings. The predicted molar refractivity (Wildman–Crippen MR) is 80.5 cm³/mol. The molecule has 2 aliphatic carbocycles. The van der Waals surface area contributed by atoms with Crippen LogP contribution in [0.15, 0.2) is 24.3 Å². The summed E-state index contributed by atoms with van der Waals surface area (Å²) in [7, 11) is 4.14. The number of nitrogens with zero attached hydrogens (tertiary/aromatic N) is 1. The van der Waals surface area contributed by atoms with E-state index in [0.29, 0.717) is 12.6 Å². The fourth-order valence-electron chi connectivity index (χ4n) is 3.16. The second-order valence-corrected chi connectivity index (χ2v) is 6.67. The van der Waals surface area contributed by atoms with E-state index in [9.17, 15) is 9.18 Å². The lowest BCUT2D eigenvalue weighted by Crippen LogP contribution is -2.44. The molecule has 2 aliphatic rings. The molecule has 21 heavy (non-hydrogen) atoms. The lowest BCUT2D eigenvalue weighted by molar-refractivity contribution is -0.123. The fourth-order valence-corrected chi connectivity index (χ4v) is 3.16. The van der Waals surface area contributed by atoms with Gasteiger partial charge in [0, 0.05) is 12.6 Å². The molecule has 114 valence electrons. The summed E-state index contributed by atoms with van der Waals surface area (Å²) < 4.78 is 13.0. The molecule has 2 saturated carbocycles. The molecule has 0 aliphatic heterocycles. The van der Waals surface area contributed by atoms with Gasteiger partial charge in [-0.2, -0.15) is 0 Å². The van der Waals surface area contributed by atoms with Crippen LogP contribution in [0.25, 0.3) is 0 Å². The van der Waals surface area contributed by atoms with E-state index in [1.54, 1.807) is 12.1 Å². The Balaban J connectivity index is 1.63. The molecule has 0 radical (unpaired) electrons. The zero-order chi connectivity index (χ0) is 15.0. The van der Waals surface area contributed by atoms with Crippen molar-refractivity contribution in [3.05, 3.63) is 35.6 Å². The van der Waals surface area contributed by atoms with Gasteiger partial charge in [0.1, 0.15) is 5.82 Å². The second-order valence-electron chi connectivity index (χ2n) is 6.67. The van der Waals surface area contributed by atoms with Gasteiger partial charge in [0.25, 0.3) is 0 Å². The maximum absolute atomic E-state index is 13.0. The molecule has 3 rings (SSSR count). The maximum atomic E-state index is 13.0. The summed E-state index contributed by atoms with van der Waals surface area (Å²) in [6.07, 6.45) is 4.25. The van der Waals surface area contributed by atoms with Crippen molar-refractivity contribution >= 4 is 5.91 Å². The average molecular weight is 290 g/mol. The quantitative estimate of drug-likeness (QED) is 0.872. The molecular formula is C17H23FN2O. The highest BCUT2D eigenvalue weighted by atomic mass is 19.1. The Bertz CT molecular complexity index is 516. The summed E-state index contributed by atoms with van der Waals surface area (Å²) in [5.41, 5.74) is 0.530. The normalized spacial score (nSPS) is 21.1. The van der Waals surface area contributed by atoms with Crippen LogP contribution >= 0.6 is 0 Å². The molecule has 0 spiro atoms. The molecule has 1 aromatic carbocycles. The molecular weight excluding hydrogens is 267 g/mol. The number of hydrogen-bond donors (Lipinski definition) is 1. The van der Waals surface area contributed by atoms with Crippen LogP contribution < -0.4 is 5.32 Å². The Kier molecular flexibility index (Phi) is 3.74. The Morgan fingerprint density at radius 1 is 1.33 bits per heavy atom. The van der Waals surface area contributed by atoms with Crippen LogP contribution in [0.2, 0.25) is 0 Å². The van der Waals surface area contributed by atoms with E-state index in [0.717, 1.165) is 24.3 Å². The third-order valence-electron chi connectivity index (χ3n) is 4.88. The molecule has 0 heterocycles. The van der Waals surface area contributed by atoms with Crippen molar-refractivity contribution in [2.75, 3.05) is 20.6 Å². The van der Waals surface area contributed by atoms with E-state index in [2.05, 4.69) is 24.3 Å². The molecule has 4 heteroatoms. The number of amides is 1. The van der Waals surface area contributed by atoms with Gasteiger partial charge in [0.15, 0.2) is 0 Å². The Hall–Kier alpha value is -1.42. The van der Waals surface area contributed by atoms with Crippen LogP contribution in [-0.2, 0) is 10.2 Å². The monoisotopic (exact) mass is 290 g/mol. The number of nitrogens with one attached hydrogen (secondary N) is 1. The van der Waals surface area contributed by atoms with Crippen LogP contribution in [0.1, 0.15) is 31.2 Å². The molecule has 3 nitrogen and oxygen atoms in total. The smallest absolute Gasteiger partial charge is 0.230 e. The van der Waals surface area contributed by atoms with Gasteiger partial charge in [-0.3, -0.25) is 4.79 Å². The lowest BCUT2D eigenvalue weighted by Gasteiger charge is -2.25. The summed E-state index contributed by atoms with van der Waals surface area (Å²) in [6.45, 7) is 0.708. The molecule has 1 atom stereocenters. The summed E-state index contributed by atoms with van der Waals surface area (Å²) in [5.74, 6) is 0.569. The summed E-state index contributed by atoms with van der Waals surface area (Å²) in [4.78, 5) is 14.8. The Morgan fingerprint density at radius 3 is 2.43 bits per heavy atom. The third-order valence-corrected chi connectivity index (χ3v) is 4.88. The van der Waals surface area contributed by atoms with Gasteiger partial charge in [0.05, 0.1) is 5.41 Å². The second kappa shape index (κ2) is 5.41. The number of carbonyl (C=O) groups excluding carboxylic acids is 1. The van der Waals surface area contributed by atoms with Gasteiger partial charge in [-0.1, -0.05) is 12.1 Å². The van der Waals surface area contributed by atoms with Gasteiger partial charge in [-0.05, 0) is 63.4 Å². The number of carbonyl (C=O) groups is 1. The van der Waals surface area contributed by atoms with Crippen molar-refractivity contribution in [2.45, 2.75) is 37.1 Å².